The Morgan fingerprint density at radius 2 is 1.94 bits per heavy atom. The summed E-state index contributed by atoms with van der Waals surface area (Å²) in [5.74, 6) is -1.06. The van der Waals surface area contributed by atoms with Crippen LogP contribution in [0.15, 0.2) is 24.5 Å². The lowest BCUT2D eigenvalue weighted by atomic mass is 10.1. The first-order chi connectivity index (χ1) is 17.2. The number of likely N-dealkylation sites (N-methyl/N-ethyl adjacent to an activating group) is 1. The van der Waals surface area contributed by atoms with E-state index in [2.05, 4.69) is 25.7 Å². The van der Waals surface area contributed by atoms with Gasteiger partial charge in [0.1, 0.15) is 11.7 Å². The molecule has 0 saturated carbocycles. The molecular weight excluding hydrogens is 472 g/mol. The number of fused-ring (bicyclic) bond motifs is 1. The van der Waals surface area contributed by atoms with Crippen LogP contribution in [0, 0.1) is 18.6 Å². The van der Waals surface area contributed by atoms with Gasteiger partial charge in [0, 0.05) is 32.5 Å². The Hall–Kier alpha value is -3.80. The Morgan fingerprint density at radius 3 is 2.61 bits per heavy atom. The molecule has 2 atom stereocenters. The van der Waals surface area contributed by atoms with Crippen LogP contribution in [-0.2, 0) is 22.6 Å². The maximum absolute atomic E-state index is 14.2. The summed E-state index contributed by atoms with van der Waals surface area (Å²) in [6.07, 6.45) is 3.09. The average Bonchev–Trinajstić information content (AvgIpc) is 3.28. The van der Waals surface area contributed by atoms with Crippen molar-refractivity contribution in [2.75, 3.05) is 36.3 Å². The number of hydrogen-bond donors (Lipinski definition) is 2. The van der Waals surface area contributed by atoms with Crippen molar-refractivity contribution in [1.29, 1.82) is 0 Å². The summed E-state index contributed by atoms with van der Waals surface area (Å²) in [7, 11) is 3.35. The molecule has 3 heterocycles. The summed E-state index contributed by atoms with van der Waals surface area (Å²) >= 11 is 0. The molecule has 0 fully saturated rings. The minimum atomic E-state index is -0.746. The van der Waals surface area contributed by atoms with Crippen molar-refractivity contribution >= 4 is 23.4 Å². The van der Waals surface area contributed by atoms with Crippen molar-refractivity contribution in [3.8, 4) is 5.75 Å². The van der Waals surface area contributed by atoms with Crippen LogP contribution in [0.5, 0.6) is 5.75 Å². The second kappa shape index (κ2) is 10.4. The van der Waals surface area contributed by atoms with Gasteiger partial charge in [-0.25, -0.2) is 13.8 Å². The Bertz CT molecular complexity index is 1240. The van der Waals surface area contributed by atoms with Gasteiger partial charge in [-0.15, -0.1) is 0 Å². The number of benzene rings is 1. The van der Waals surface area contributed by atoms with Crippen LogP contribution in [0.1, 0.15) is 30.7 Å². The lowest BCUT2D eigenvalue weighted by Gasteiger charge is -2.37. The highest BCUT2D eigenvalue weighted by atomic mass is 19.1. The molecule has 36 heavy (non-hydrogen) atoms. The smallest absolute Gasteiger partial charge is 0.249 e. The van der Waals surface area contributed by atoms with E-state index < -0.39 is 17.7 Å². The highest BCUT2D eigenvalue weighted by Crippen LogP contribution is 2.33. The number of ether oxygens (including phenoxy) is 2. The van der Waals surface area contributed by atoms with Crippen LogP contribution >= 0.6 is 0 Å². The highest BCUT2D eigenvalue weighted by Gasteiger charge is 2.37. The molecule has 1 amide bonds. The van der Waals surface area contributed by atoms with Gasteiger partial charge in [-0.2, -0.15) is 10.1 Å². The fourth-order valence-electron chi connectivity index (χ4n) is 4.14. The van der Waals surface area contributed by atoms with E-state index in [4.69, 9.17) is 9.47 Å². The van der Waals surface area contributed by atoms with E-state index in [9.17, 15) is 13.6 Å². The summed E-state index contributed by atoms with van der Waals surface area (Å²) in [5, 5.41) is 10.3. The molecule has 0 saturated heterocycles. The predicted octanol–water partition coefficient (Wildman–Crippen LogP) is 3.11. The summed E-state index contributed by atoms with van der Waals surface area (Å²) in [4.78, 5) is 23.4. The number of methoxy groups -OCH3 is 1. The number of aromatic nitrogens is 4. The number of halogens is 2. The molecule has 3 aromatic rings. The molecule has 10 nitrogen and oxygen atoms in total. The predicted molar refractivity (Wildman–Crippen MR) is 130 cm³/mol. The fraction of sp³-hybridized carbons (Fsp3) is 0.417. The third kappa shape index (κ3) is 5.08. The van der Waals surface area contributed by atoms with Gasteiger partial charge >= 0.3 is 0 Å². The van der Waals surface area contributed by atoms with Gasteiger partial charge in [-0.05, 0) is 38.5 Å². The zero-order valence-electron chi connectivity index (χ0n) is 20.8. The molecule has 2 aromatic heterocycles. The Balaban J connectivity index is 1.45. The van der Waals surface area contributed by atoms with Gasteiger partial charge in [-0.1, -0.05) is 0 Å². The van der Waals surface area contributed by atoms with E-state index in [0.717, 1.165) is 5.56 Å². The summed E-state index contributed by atoms with van der Waals surface area (Å²) in [5.41, 5.74) is 2.44. The van der Waals surface area contributed by atoms with Gasteiger partial charge < -0.3 is 25.0 Å². The van der Waals surface area contributed by atoms with Gasteiger partial charge in [0.15, 0.2) is 23.2 Å². The molecule has 0 spiro atoms. The second-order valence-corrected chi connectivity index (χ2v) is 8.54. The average molecular weight is 502 g/mol. The van der Waals surface area contributed by atoms with Crippen molar-refractivity contribution in [1.82, 2.24) is 19.7 Å². The molecule has 1 aromatic carbocycles. The normalized spacial score (nSPS) is 15.9. The standard InChI is InChI=1S/C24H29F2N7O3/c1-6-36-21-17(25)7-15(8-18(21)26)11-33-12-16(10-28-33)9-27-24-29-13(2)19-22(31-24)32(4)20(14(3)35-5)23(34)30-19/h7-8,10,12,14,20H,6,9,11H2,1-5H3,(H,30,34)(H,27,29,31)/t14-,20+/m1/s1. The molecule has 4 rings (SSSR count). The van der Waals surface area contributed by atoms with E-state index in [1.165, 1.54) is 12.1 Å². The fourth-order valence-corrected chi connectivity index (χ4v) is 4.14. The van der Waals surface area contributed by atoms with Crippen molar-refractivity contribution in [2.45, 2.75) is 46.0 Å². The number of rotatable bonds is 9. The second-order valence-electron chi connectivity index (χ2n) is 8.54. The van der Waals surface area contributed by atoms with Gasteiger partial charge in [-0.3, -0.25) is 9.48 Å². The molecule has 2 N–H and O–H groups in total. The topological polar surface area (TPSA) is 106 Å². The molecule has 0 unspecified atom stereocenters. The molecule has 12 heteroatoms. The number of nitrogens with zero attached hydrogens (tertiary/aromatic N) is 5. The van der Waals surface area contributed by atoms with Crippen LogP contribution in [0.25, 0.3) is 0 Å². The third-order valence-corrected chi connectivity index (χ3v) is 5.98. The summed E-state index contributed by atoms with van der Waals surface area (Å²) in [6, 6.07) is 1.95. The number of carbonyl (C=O) groups excluding carboxylic acids is 1. The van der Waals surface area contributed by atoms with Crippen molar-refractivity contribution in [3.05, 3.63) is 53.0 Å². The maximum atomic E-state index is 14.2. The van der Waals surface area contributed by atoms with E-state index in [0.29, 0.717) is 35.3 Å². The summed E-state index contributed by atoms with van der Waals surface area (Å²) in [6.45, 7) is 6.03. The first-order valence-electron chi connectivity index (χ1n) is 11.5. The zero-order valence-corrected chi connectivity index (χ0v) is 20.8. The number of hydrogen-bond acceptors (Lipinski definition) is 8. The molecule has 1 aliphatic heterocycles. The van der Waals surface area contributed by atoms with Gasteiger partial charge in [0.05, 0.1) is 31.1 Å². The molecule has 0 radical (unpaired) electrons. The van der Waals surface area contributed by atoms with E-state index in [1.807, 2.05) is 6.92 Å². The molecule has 0 bridgehead atoms. The number of aryl methyl sites for hydroxylation is 1. The lowest BCUT2D eigenvalue weighted by molar-refractivity contribution is -0.120. The molecular formula is C24H29F2N7O3. The Labute approximate surface area is 207 Å². The first-order valence-corrected chi connectivity index (χ1v) is 11.5. The van der Waals surface area contributed by atoms with Crippen LogP contribution in [0.4, 0.5) is 26.2 Å². The number of nitrogens with one attached hydrogen (secondary N) is 2. The third-order valence-electron chi connectivity index (χ3n) is 5.98. The minimum Gasteiger partial charge on any atom is -0.488 e. The number of anilines is 3. The molecule has 192 valence electrons. The van der Waals surface area contributed by atoms with E-state index in [1.54, 1.807) is 50.0 Å². The number of carbonyl (C=O) groups is 1. The largest absolute Gasteiger partial charge is 0.488 e. The van der Waals surface area contributed by atoms with E-state index >= 15 is 0 Å². The molecule has 0 aliphatic carbocycles. The van der Waals surface area contributed by atoms with Crippen LogP contribution in [0.2, 0.25) is 0 Å². The molecule has 1 aliphatic rings. The van der Waals surface area contributed by atoms with Crippen LogP contribution < -0.4 is 20.3 Å². The van der Waals surface area contributed by atoms with Gasteiger partial charge in [0.25, 0.3) is 0 Å². The monoisotopic (exact) mass is 501 g/mol. The van der Waals surface area contributed by atoms with Crippen molar-refractivity contribution < 1.29 is 23.0 Å². The zero-order chi connectivity index (χ0) is 26.0. The minimum absolute atomic E-state index is 0.175. The Morgan fingerprint density at radius 1 is 1.22 bits per heavy atom. The van der Waals surface area contributed by atoms with Crippen LogP contribution in [0.3, 0.4) is 0 Å². The SMILES string of the molecule is CCOc1c(F)cc(Cn2cc(CNc3nc(C)c4c(n3)N(C)[C@@H]([C@@H](C)OC)C(=O)N4)cn2)cc1F. The van der Waals surface area contributed by atoms with Crippen molar-refractivity contribution in [2.24, 2.45) is 0 Å². The summed E-state index contributed by atoms with van der Waals surface area (Å²) < 4.78 is 40.3. The lowest BCUT2D eigenvalue weighted by Crippen LogP contribution is -2.53. The van der Waals surface area contributed by atoms with Crippen LogP contribution in [-0.4, -0.2) is 58.6 Å². The Kier molecular flexibility index (Phi) is 7.34. The van der Waals surface area contributed by atoms with Gasteiger partial charge in [0.2, 0.25) is 11.9 Å². The highest BCUT2D eigenvalue weighted by molar-refractivity contribution is 6.03. The van der Waals surface area contributed by atoms with Crippen molar-refractivity contribution in [3.63, 3.8) is 0 Å². The quantitative estimate of drug-likeness (QED) is 0.461. The van der Waals surface area contributed by atoms with E-state index in [-0.39, 0.29) is 30.9 Å². The number of amides is 1. The maximum Gasteiger partial charge on any atom is 0.249 e. The first kappa shape index (κ1) is 25.3.